The van der Waals surface area contributed by atoms with Gasteiger partial charge in [0.15, 0.2) is 0 Å². The van der Waals surface area contributed by atoms with Crippen molar-refractivity contribution in [1.29, 1.82) is 0 Å². The van der Waals surface area contributed by atoms with Crippen molar-refractivity contribution in [2.24, 2.45) is 0 Å². The van der Waals surface area contributed by atoms with E-state index in [1.54, 1.807) is 12.2 Å². The van der Waals surface area contributed by atoms with Crippen molar-refractivity contribution >= 4 is 0 Å². The molecule has 3 heteroatoms. The van der Waals surface area contributed by atoms with Crippen LogP contribution in [0.25, 0.3) is 0 Å². The van der Waals surface area contributed by atoms with Crippen LogP contribution in [0.4, 0.5) is 0 Å². The van der Waals surface area contributed by atoms with E-state index in [1.807, 2.05) is 7.05 Å². The first kappa shape index (κ1) is 7.88. The average Bonchev–Trinajstić information content (AvgIpc) is 1.83. The second-order valence-electron chi connectivity index (χ2n) is 1.61. The third-order valence-corrected chi connectivity index (χ3v) is 0.943. The van der Waals surface area contributed by atoms with Gasteiger partial charge in [-0.15, -0.1) is 0 Å². The lowest BCUT2D eigenvalue weighted by Gasteiger charge is -2.10. The van der Waals surface area contributed by atoms with Gasteiger partial charge in [-0.25, -0.2) is 0 Å². The van der Waals surface area contributed by atoms with Gasteiger partial charge < -0.3 is 9.94 Å². The van der Waals surface area contributed by atoms with Crippen molar-refractivity contribution < 1.29 is 9.94 Å². The van der Waals surface area contributed by atoms with Crippen LogP contribution in [0.3, 0.4) is 0 Å². The molecule has 0 bridgehead atoms. The third-order valence-electron chi connectivity index (χ3n) is 0.943. The predicted molar refractivity (Wildman–Crippen MR) is 31.3 cm³/mol. The van der Waals surface area contributed by atoms with E-state index in [0.29, 0.717) is 0 Å². The van der Waals surface area contributed by atoms with Gasteiger partial charge in [-0.2, -0.15) is 5.06 Å². The van der Waals surface area contributed by atoms with Gasteiger partial charge in [0.25, 0.3) is 0 Å². The molecule has 0 aromatic rings. The number of nitrogens with zero attached hydrogens (tertiary/aromatic N) is 1. The number of hydrogen-bond donors (Lipinski definition) is 1. The molecule has 0 unspecified atom stereocenters. The maximum atomic E-state index is 8.33. The van der Waals surface area contributed by atoms with Crippen molar-refractivity contribution in [3.8, 4) is 0 Å². The highest BCUT2D eigenvalue weighted by atomic mass is 16.7. The normalized spacial score (nSPS) is 10.5. The molecule has 0 spiro atoms. The molecule has 0 radical (unpaired) electrons. The van der Waals surface area contributed by atoms with Crippen LogP contribution in [0.2, 0.25) is 0 Å². The summed E-state index contributed by atoms with van der Waals surface area (Å²) in [6.45, 7) is 1.01. The molecular weight excluding hydrogens is 106 g/mol. The molecule has 0 heterocycles. The monoisotopic (exact) mass is 119 g/mol. The molecule has 0 atom stereocenters. The summed E-state index contributed by atoms with van der Waals surface area (Å²) in [5.41, 5.74) is 0. The molecule has 0 aromatic heterocycles. The Kier molecular flexibility index (Phi) is 4.95. The smallest absolute Gasteiger partial charge is 0.0575 e. The summed E-state index contributed by atoms with van der Waals surface area (Å²) in [6.07, 6.45) is 0.768. The highest BCUT2D eigenvalue weighted by Gasteiger charge is 1.90. The standard InChI is InChI=1S/C5H13NO2/c1-6(8-2)4-3-5-7/h7H,3-5H2,1-2H3. The van der Waals surface area contributed by atoms with Gasteiger partial charge in [0.1, 0.15) is 0 Å². The van der Waals surface area contributed by atoms with Crippen LogP contribution in [-0.2, 0) is 4.84 Å². The Hall–Kier alpha value is -0.120. The number of rotatable bonds is 4. The minimum Gasteiger partial charge on any atom is -0.396 e. The Morgan fingerprint density at radius 1 is 1.62 bits per heavy atom. The molecule has 0 saturated heterocycles. The van der Waals surface area contributed by atoms with Gasteiger partial charge in [-0.1, -0.05) is 0 Å². The quantitative estimate of drug-likeness (QED) is 0.523. The zero-order chi connectivity index (χ0) is 6.41. The van der Waals surface area contributed by atoms with E-state index in [1.165, 1.54) is 0 Å². The minimum atomic E-state index is 0.230. The van der Waals surface area contributed by atoms with E-state index in [0.717, 1.165) is 13.0 Å². The molecule has 3 nitrogen and oxygen atoms in total. The first-order valence-electron chi connectivity index (χ1n) is 2.67. The van der Waals surface area contributed by atoms with Crippen molar-refractivity contribution in [3.63, 3.8) is 0 Å². The van der Waals surface area contributed by atoms with E-state index in [9.17, 15) is 0 Å². The van der Waals surface area contributed by atoms with Gasteiger partial charge in [0.05, 0.1) is 7.11 Å². The summed E-state index contributed by atoms with van der Waals surface area (Å²) in [4.78, 5) is 4.77. The van der Waals surface area contributed by atoms with Gasteiger partial charge >= 0.3 is 0 Å². The first-order chi connectivity index (χ1) is 3.81. The maximum Gasteiger partial charge on any atom is 0.0575 e. The van der Waals surface area contributed by atoms with Gasteiger partial charge in [0.2, 0.25) is 0 Å². The predicted octanol–water partition coefficient (Wildman–Crippen LogP) is -0.138. The highest BCUT2D eigenvalue weighted by molar-refractivity contribution is 4.35. The summed E-state index contributed by atoms with van der Waals surface area (Å²) in [7, 11) is 3.44. The molecule has 0 saturated carbocycles. The molecule has 0 rings (SSSR count). The third kappa shape index (κ3) is 4.05. The molecule has 0 fully saturated rings. The van der Waals surface area contributed by atoms with E-state index < -0.39 is 0 Å². The number of aliphatic hydroxyl groups is 1. The summed E-state index contributed by atoms with van der Waals surface area (Å²) >= 11 is 0. The number of hydrogen-bond acceptors (Lipinski definition) is 3. The van der Waals surface area contributed by atoms with Crippen LogP contribution in [-0.4, -0.2) is 37.5 Å². The topological polar surface area (TPSA) is 32.7 Å². The lowest BCUT2D eigenvalue weighted by Crippen LogP contribution is -2.18. The maximum absolute atomic E-state index is 8.33. The zero-order valence-corrected chi connectivity index (χ0v) is 5.42. The highest BCUT2D eigenvalue weighted by Crippen LogP contribution is 1.83. The van der Waals surface area contributed by atoms with E-state index in [4.69, 9.17) is 9.94 Å². The van der Waals surface area contributed by atoms with Gasteiger partial charge in [-0.05, 0) is 6.42 Å². The molecule has 0 aliphatic heterocycles. The largest absolute Gasteiger partial charge is 0.396 e. The molecule has 0 aliphatic carbocycles. The van der Waals surface area contributed by atoms with Crippen molar-refractivity contribution in [2.45, 2.75) is 6.42 Å². The van der Waals surface area contributed by atoms with Gasteiger partial charge in [0, 0.05) is 20.2 Å². The van der Waals surface area contributed by atoms with Crippen LogP contribution >= 0.6 is 0 Å². The average molecular weight is 119 g/mol. The SMILES string of the molecule is CON(C)CCCO. The molecule has 0 aliphatic rings. The van der Waals surface area contributed by atoms with Crippen LogP contribution in [0.15, 0.2) is 0 Å². The van der Waals surface area contributed by atoms with Crippen LogP contribution in [0.5, 0.6) is 0 Å². The van der Waals surface area contributed by atoms with Crippen LogP contribution in [0, 0.1) is 0 Å². The fourth-order valence-electron chi connectivity index (χ4n) is 0.385. The Bertz CT molecular complexity index is 49.7. The molecule has 0 amide bonds. The summed E-state index contributed by atoms with van der Waals surface area (Å²) in [6, 6.07) is 0. The summed E-state index contributed by atoms with van der Waals surface area (Å²) in [5, 5.41) is 10.0. The lowest BCUT2D eigenvalue weighted by atomic mass is 10.4. The second-order valence-corrected chi connectivity index (χ2v) is 1.61. The van der Waals surface area contributed by atoms with E-state index in [-0.39, 0.29) is 6.61 Å². The Balaban J connectivity index is 2.86. The Morgan fingerprint density at radius 3 is 2.62 bits per heavy atom. The summed E-state index contributed by atoms with van der Waals surface area (Å²) < 4.78 is 0. The number of aliphatic hydroxyl groups excluding tert-OH is 1. The van der Waals surface area contributed by atoms with Crippen LogP contribution in [0.1, 0.15) is 6.42 Å². The zero-order valence-electron chi connectivity index (χ0n) is 5.42. The van der Waals surface area contributed by atoms with Crippen molar-refractivity contribution in [1.82, 2.24) is 5.06 Å². The van der Waals surface area contributed by atoms with Crippen molar-refractivity contribution in [3.05, 3.63) is 0 Å². The fraction of sp³-hybridized carbons (Fsp3) is 1.00. The molecule has 8 heavy (non-hydrogen) atoms. The van der Waals surface area contributed by atoms with Crippen LogP contribution < -0.4 is 0 Å². The van der Waals surface area contributed by atoms with E-state index >= 15 is 0 Å². The minimum absolute atomic E-state index is 0.230. The lowest BCUT2D eigenvalue weighted by molar-refractivity contribution is -0.110. The van der Waals surface area contributed by atoms with Gasteiger partial charge in [-0.3, -0.25) is 0 Å². The Labute approximate surface area is 49.8 Å². The van der Waals surface area contributed by atoms with E-state index in [2.05, 4.69) is 0 Å². The molecule has 50 valence electrons. The second kappa shape index (κ2) is 5.03. The summed E-state index contributed by atoms with van der Waals surface area (Å²) in [5.74, 6) is 0. The molecule has 1 N–H and O–H groups in total. The van der Waals surface area contributed by atoms with Crippen molar-refractivity contribution in [2.75, 3.05) is 27.3 Å². The first-order valence-corrected chi connectivity index (χ1v) is 2.67. The molecular formula is C5H13NO2. The Morgan fingerprint density at radius 2 is 2.25 bits per heavy atom. The molecule has 0 aromatic carbocycles. The number of hydroxylamine groups is 2. The fourth-order valence-corrected chi connectivity index (χ4v) is 0.385.